The SMILES string of the molecule is CCC1OCCC1C(=O)NCC1(C(=O)O)CCCCC1. The van der Waals surface area contributed by atoms with Crippen LogP contribution in [-0.4, -0.2) is 36.2 Å². The van der Waals surface area contributed by atoms with Crippen LogP contribution in [0, 0.1) is 11.3 Å². The van der Waals surface area contributed by atoms with Crippen LogP contribution in [0.1, 0.15) is 51.9 Å². The van der Waals surface area contributed by atoms with Gasteiger partial charge in [-0.15, -0.1) is 0 Å². The summed E-state index contributed by atoms with van der Waals surface area (Å²) < 4.78 is 5.52. The highest BCUT2D eigenvalue weighted by Gasteiger charge is 2.41. The zero-order chi connectivity index (χ0) is 14.6. The smallest absolute Gasteiger partial charge is 0.311 e. The van der Waals surface area contributed by atoms with E-state index in [1.54, 1.807) is 0 Å². The molecule has 0 aromatic carbocycles. The van der Waals surface area contributed by atoms with Crippen LogP contribution < -0.4 is 5.32 Å². The van der Waals surface area contributed by atoms with Crippen LogP contribution in [0.15, 0.2) is 0 Å². The lowest BCUT2D eigenvalue weighted by Gasteiger charge is -2.33. The van der Waals surface area contributed by atoms with Crippen molar-refractivity contribution < 1.29 is 19.4 Å². The molecule has 0 radical (unpaired) electrons. The molecule has 1 heterocycles. The number of carboxylic acid groups (broad SMARTS) is 1. The van der Waals surface area contributed by atoms with Crippen molar-refractivity contribution in [1.82, 2.24) is 5.32 Å². The summed E-state index contributed by atoms with van der Waals surface area (Å²) in [6.45, 7) is 2.89. The molecule has 5 nitrogen and oxygen atoms in total. The van der Waals surface area contributed by atoms with E-state index in [-0.39, 0.29) is 24.5 Å². The molecule has 2 rings (SSSR count). The van der Waals surface area contributed by atoms with Crippen molar-refractivity contribution in [2.75, 3.05) is 13.2 Å². The molecule has 2 aliphatic rings. The lowest BCUT2D eigenvalue weighted by molar-refractivity contribution is -0.151. The van der Waals surface area contributed by atoms with Crippen LogP contribution >= 0.6 is 0 Å². The standard InChI is InChI=1S/C15H25NO4/c1-2-12-11(6-9-20-12)13(17)16-10-15(14(18)19)7-4-3-5-8-15/h11-12H,2-10H2,1H3,(H,16,17)(H,18,19). The number of amides is 1. The summed E-state index contributed by atoms with van der Waals surface area (Å²) in [5, 5.41) is 12.4. The average Bonchev–Trinajstić information content (AvgIpc) is 2.94. The molecule has 1 amide bonds. The van der Waals surface area contributed by atoms with E-state index in [1.807, 2.05) is 6.92 Å². The predicted molar refractivity (Wildman–Crippen MR) is 74.3 cm³/mol. The van der Waals surface area contributed by atoms with E-state index in [4.69, 9.17) is 4.74 Å². The highest BCUT2D eigenvalue weighted by molar-refractivity contribution is 5.81. The van der Waals surface area contributed by atoms with Crippen molar-refractivity contribution in [2.24, 2.45) is 11.3 Å². The van der Waals surface area contributed by atoms with Crippen molar-refractivity contribution in [1.29, 1.82) is 0 Å². The monoisotopic (exact) mass is 283 g/mol. The first kappa shape index (κ1) is 15.3. The zero-order valence-corrected chi connectivity index (χ0v) is 12.2. The fourth-order valence-electron chi connectivity index (χ4n) is 3.43. The second kappa shape index (κ2) is 6.57. The van der Waals surface area contributed by atoms with Gasteiger partial charge in [-0.2, -0.15) is 0 Å². The molecular weight excluding hydrogens is 258 g/mol. The van der Waals surface area contributed by atoms with Crippen molar-refractivity contribution in [3.05, 3.63) is 0 Å². The van der Waals surface area contributed by atoms with Gasteiger partial charge in [0.25, 0.3) is 0 Å². The van der Waals surface area contributed by atoms with E-state index in [0.717, 1.165) is 32.1 Å². The molecule has 2 N–H and O–H groups in total. The third-order valence-corrected chi connectivity index (χ3v) is 4.81. The number of aliphatic carboxylic acids is 1. The van der Waals surface area contributed by atoms with Gasteiger partial charge in [0.1, 0.15) is 0 Å². The predicted octanol–water partition coefficient (Wildman–Crippen LogP) is 1.95. The zero-order valence-electron chi connectivity index (χ0n) is 12.2. The summed E-state index contributed by atoms with van der Waals surface area (Å²) in [7, 11) is 0. The number of rotatable bonds is 5. The molecular formula is C15H25NO4. The normalized spacial score (nSPS) is 29.1. The van der Waals surface area contributed by atoms with Crippen LogP contribution in [-0.2, 0) is 14.3 Å². The Balaban J connectivity index is 1.92. The lowest BCUT2D eigenvalue weighted by Crippen LogP contribution is -2.46. The van der Waals surface area contributed by atoms with E-state index < -0.39 is 11.4 Å². The minimum absolute atomic E-state index is 0.0119. The van der Waals surface area contributed by atoms with E-state index in [1.165, 1.54) is 0 Å². The van der Waals surface area contributed by atoms with Crippen molar-refractivity contribution >= 4 is 11.9 Å². The minimum Gasteiger partial charge on any atom is -0.481 e. The van der Waals surface area contributed by atoms with Gasteiger partial charge in [0.2, 0.25) is 5.91 Å². The topological polar surface area (TPSA) is 75.6 Å². The first-order valence-corrected chi connectivity index (χ1v) is 7.72. The highest BCUT2D eigenvalue weighted by Crippen LogP contribution is 2.36. The van der Waals surface area contributed by atoms with Gasteiger partial charge in [-0.1, -0.05) is 26.2 Å². The molecule has 0 aromatic rings. The molecule has 1 saturated heterocycles. The number of nitrogens with one attached hydrogen (secondary N) is 1. The molecule has 1 saturated carbocycles. The quantitative estimate of drug-likeness (QED) is 0.808. The number of carbonyl (C=O) groups is 2. The van der Waals surface area contributed by atoms with Crippen LogP contribution in [0.5, 0.6) is 0 Å². The lowest BCUT2D eigenvalue weighted by atomic mass is 9.74. The fourth-order valence-corrected chi connectivity index (χ4v) is 3.43. The van der Waals surface area contributed by atoms with E-state index in [0.29, 0.717) is 19.4 Å². The molecule has 5 heteroatoms. The Morgan fingerprint density at radius 1 is 1.30 bits per heavy atom. The summed E-state index contributed by atoms with van der Waals surface area (Å²) in [5.74, 6) is -0.929. The van der Waals surface area contributed by atoms with E-state index in [2.05, 4.69) is 5.32 Å². The molecule has 1 aliphatic carbocycles. The minimum atomic E-state index is -0.771. The van der Waals surface area contributed by atoms with Crippen LogP contribution in [0.3, 0.4) is 0 Å². The van der Waals surface area contributed by atoms with Gasteiger partial charge in [0.05, 0.1) is 17.4 Å². The second-order valence-corrected chi connectivity index (χ2v) is 6.08. The third kappa shape index (κ3) is 3.14. The Hall–Kier alpha value is -1.10. The molecule has 0 bridgehead atoms. The molecule has 2 unspecified atom stereocenters. The fraction of sp³-hybridized carbons (Fsp3) is 0.867. The molecule has 2 fully saturated rings. The molecule has 114 valence electrons. The maximum absolute atomic E-state index is 12.2. The molecule has 0 spiro atoms. The first-order chi connectivity index (χ1) is 9.59. The molecule has 20 heavy (non-hydrogen) atoms. The number of hydrogen-bond acceptors (Lipinski definition) is 3. The summed E-state index contributed by atoms with van der Waals surface area (Å²) in [5.41, 5.74) is -0.755. The number of ether oxygens (including phenoxy) is 1. The molecule has 2 atom stereocenters. The Labute approximate surface area is 120 Å². The summed E-state index contributed by atoms with van der Waals surface area (Å²) in [6, 6.07) is 0. The van der Waals surface area contributed by atoms with Gasteiger partial charge in [0, 0.05) is 13.2 Å². The van der Waals surface area contributed by atoms with Crippen molar-refractivity contribution in [3.63, 3.8) is 0 Å². The number of carboxylic acids is 1. The van der Waals surface area contributed by atoms with Gasteiger partial charge < -0.3 is 15.2 Å². The summed E-state index contributed by atoms with van der Waals surface area (Å²) in [4.78, 5) is 23.8. The average molecular weight is 283 g/mol. The van der Waals surface area contributed by atoms with Crippen LogP contribution in [0.25, 0.3) is 0 Å². The maximum atomic E-state index is 12.2. The Bertz CT molecular complexity index is 363. The maximum Gasteiger partial charge on any atom is 0.311 e. The summed E-state index contributed by atoms with van der Waals surface area (Å²) >= 11 is 0. The third-order valence-electron chi connectivity index (χ3n) is 4.81. The second-order valence-electron chi connectivity index (χ2n) is 6.08. The molecule has 1 aliphatic heterocycles. The summed E-state index contributed by atoms with van der Waals surface area (Å²) in [6.07, 6.45) is 5.85. The van der Waals surface area contributed by atoms with Crippen LogP contribution in [0.4, 0.5) is 0 Å². The Kier molecular flexibility index (Phi) is 5.02. The number of carbonyl (C=O) groups excluding carboxylic acids is 1. The van der Waals surface area contributed by atoms with Crippen LogP contribution in [0.2, 0.25) is 0 Å². The van der Waals surface area contributed by atoms with Gasteiger partial charge in [-0.25, -0.2) is 0 Å². The first-order valence-electron chi connectivity index (χ1n) is 7.72. The molecule has 0 aromatic heterocycles. The van der Waals surface area contributed by atoms with Gasteiger partial charge in [-0.05, 0) is 25.7 Å². The van der Waals surface area contributed by atoms with Crippen molar-refractivity contribution in [2.45, 2.75) is 58.0 Å². The van der Waals surface area contributed by atoms with Gasteiger partial charge >= 0.3 is 5.97 Å². The van der Waals surface area contributed by atoms with Crippen molar-refractivity contribution in [3.8, 4) is 0 Å². The highest BCUT2D eigenvalue weighted by atomic mass is 16.5. The van der Waals surface area contributed by atoms with E-state index >= 15 is 0 Å². The van der Waals surface area contributed by atoms with E-state index in [9.17, 15) is 14.7 Å². The Morgan fingerprint density at radius 3 is 2.60 bits per heavy atom. The number of hydrogen-bond donors (Lipinski definition) is 2. The van der Waals surface area contributed by atoms with Gasteiger partial charge in [0.15, 0.2) is 0 Å². The largest absolute Gasteiger partial charge is 0.481 e. The van der Waals surface area contributed by atoms with Gasteiger partial charge in [-0.3, -0.25) is 9.59 Å². The Morgan fingerprint density at radius 2 is 2.00 bits per heavy atom.